The van der Waals surface area contributed by atoms with Crippen molar-refractivity contribution in [1.29, 1.82) is 0 Å². The van der Waals surface area contributed by atoms with E-state index in [-0.39, 0.29) is 40.1 Å². The van der Waals surface area contributed by atoms with E-state index in [1.807, 2.05) is 0 Å². The van der Waals surface area contributed by atoms with E-state index in [2.05, 4.69) is 9.97 Å². The van der Waals surface area contributed by atoms with E-state index < -0.39 is 0 Å². The topological polar surface area (TPSA) is 28.7 Å². The van der Waals surface area contributed by atoms with E-state index in [1.54, 1.807) is 18.7 Å². The fraction of sp³-hybridized carbons (Fsp3) is 0. The Balaban J connectivity index is 0. The summed E-state index contributed by atoms with van der Waals surface area (Å²) in [6, 6.07) is 0. The smallest absolute Gasteiger partial charge is 0.0919 e. The van der Waals surface area contributed by atoms with Crippen molar-refractivity contribution in [3.63, 3.8) is 0 Å². The summed E-state index contributed by atoms with van der Waals surface area (Å²) in [5, 5.41) is 0. The van der Waals surface area contributed by atoms with Crippen molar-refractivity contribution in [2.45, 2.75) is 0 Å². The van der Waals surface area contributed by atoms with Crippen LogP contribution in [0, 0.1) is 7.43 Å². The molecular formula is C4H7N2Y-. The van der Waals surface area contributed by atoms with Crippen LogP contribution in [-0.2, 0) is 32.7 Å². The Bertz CT molecular complexity index is 66.2. The zero-order valence-electron chi connectivity index (χ0n) is 4.26. The van der Waals surface area contributed by atoms with Gasteiger partial charge in [-0.05, 0) is 0 Å². The van der Waals surface area contributed by atoms with Gasteiger partial charge in [0.15, 0.2) is 0 Å². The maximum Gasteiger partial charge on any atom is 0.0919 e. The van der Waals surface area contributed by atoms with E-state index in [9.17, 15) is 0 Å². The Labute approximate surface area is 68.6 Å². The largest absolute Gasteiger partial charge is 0.358 e. The maximum atomic E-state index is 3.67. The molecule has 0 saturated carbocycles. The van der Waals surface area contributed by atoms with Crippen molar-refractivity contribution < 1.29 is 32.7 Å². The average molecular weight is 172 g/mol. The molecule has 0 unspecified atom stereocenters. The fourth-order valence-corrected chi connectivity index (χ4v) is 0.215. The van der Waals surface area contributed by atoms with E-state index in [0.29, 0.717) is 0 Å². The van der Waals surface area contributed by atoms with Gasteiger partial charge in [0, 0.05) is 45.1 Å². The predicted octanol–water partition coefficient (Wildman–Crippen LogP) is 0.857. The molecule has 1 aromatic heterocycles. The normalized spacial score (nSPS) is 5.71. The van der Waals surface area contributed by atoms with Crippen LogP contribution >= 0.6 is 0 Å². The number of nitrogens with one attached hydrogen (secondary N) is 1. The minimum atomic E-state index is 0. The first-order valence-electron chi connectivity index (χ1n) is 1.43. The molecule has 0 spiro atoms. The number of aromatic amines is 1. The molecule has 3 heteroatoms. The van der Waals surface area contributed by atoms with E-state index in [4.69, 9.17) is 0 Å². The van der Waals surface area contributed by atoms with Crippen LogP contribution in [0.2, 0.25) is 0 Å². The molecule has 1 aromatic rings. The van der Waals surface area contributed by atoms with Gasteiger partial charge in [-0.3, -0.25) is 0 Å². The maximum absolute atomic E-state index is 3.67. The molecular weight excluding hydrogens is 165 g/mol. The summed E-state index contributed by atoms with van der Waals surface area (Å²) < 4.78 is 0. The molecule has 0 aromatic carbocycles. The minimum absolute atomic E-state index is 0. The summed E-state index contributed by atoms with van der Waals surface area (Å²) in [5.41, 5.74) is 0. The Hall–Kier alpha value is 0.314. The zero-order valence-corrected chi connectivity index (χ0v) is 7.09. The summed E-state index contributed by atoms with van der Waals surface area (Å²) in [7, 11) is 0. The molecule has 0 aliphatic carbocycles. The summed E-state index contributed by atoms with van der Waals surface area (Å²) in [6.45, 7) is 0. The van der Waals surface area contributed by atoms with Crippen molar-refractivity contribution >= 4 is 0 Å². The zero-order chi connectivity index (χ0) is 3.54. The molecule has 1 radical (unpaired) electrons. The van der Waals surface area contributed by atoms with Gasteiger partial charge in [-0.1, -0.05) is 0 Å². The van der Waals surface area contributed by atoms with Gasteiger partial charge in [-0.25, -0.2) is 4.98 Å². The third-order valence-electron chi connectivity index (χ3n) is 0.406. The standard InChI is InChI=1S/C3H4N2.CH3.Y/c1-2-5-3-4-1;;/h1-3H,(H,4,5);1H3;/q;-1;. The average Bonchev–Trinajstić information content (AvgIpc) is 1.76. The van der Waals surface area contributed by atoms with Crippen molar-refractivity contribution in [3.05, 3.63) is 26.1 Å². The minimum Gasteiger partial charge on any atom is -0.358 e. The monoisotopic (exact) mass is 172 g/mol. The van der Waals surface area contributed by atoms with Crippen molar-refractivity contribution in [2.75, 3.05) is 0 Å². The summed E-state index contributed by atoms with van der Waals surface area (Å²) >= 11 is 0. The van der Waals surface area contributed by atoms with Gasteiger partial charge >= 0.3 is 0 Å². The van der Waals surface area contributed by atoms with Crippen LogP contribution in [0.3, 0.4) is 0 Å². The van der Waals surface area contributed by atoms with Gasteiger partial charge in [0.1, 0.15) is 0 Å². The quantitative estimate of drug-likeness (QED) is 0.577. The number of aromatic nitrogens is 2. The molecule has 0 atom stereocenters. The molecule has 7 heavy (non-hydrogen) atoms. The third-order valence-corrected chi connectivity index (χ3v) is 0.406. The molecule has 0 aliphatic heterocycles. The van der Waals surface area contributed by atoms with Gasteiger partial charge in [-0.15, -0.1) is 0 Å². The van der Waals surface area contributed by atoms with E-state index in [0.717, 1.165) is 0 Å². The van der Waals surface area contributed by atoms with Gasteiger partial charge in [-0.2, -0.15) is 0 Å². The SMILES string of the molecule is [CH3-].[Y].c1c[nH]cn1. The Kier molecular flexibility index (Phi) is 9.31. The second-order valence-corrected chi connectivity index (χ2v) is 0.761. The molecule has 0 fully saturated rings. The number of nitrogens with zero attached hydrogens (tertiary/aromatic N) is 1. The second kappa shape index (κ2) is 6.31. The van der Waals surface area contributed by atoms with E-state index in [1.165, 1.54) is 0 Å². The Morgan fingerprint density at radius 1 is 1.43 bits per heavy atom. The van der Waals surface area contributed by atoms with Crippen LogP contribution < -0.4 is 0 Å². The number of rotatable bonds is 0. The van der Waals surface area contributed by atoms with Crippen molar-refractivity contribution in [1.82, 2.24) is 9.97 Å². The second-order valence-electron chi connectivity index (χ2n) is 0.761. The van der Waals surface area contributed by atoms with Crippen LogP contribution in [-0.4, -0.2) is 9.97 Å². The molecule has 1 heterocycles. The first-order chi connectivity index (χ1) is 2.50. The molecule has 1 N–H and O–H groups in total. The first-order valence-corrected chi connectivity index (χ1v) is 1.43. The number of H-pyrrole nitrogens is 1. The van der Waals surface area contributed by atoms with Crippen LogP contribution in [0.1, 0.15) is 0 Å². The molecule has 0 amide bonds. The van der Waals surface area contributed by atoms with Crippen LogP contribution in [0.4, 0.5) is 0 Å². The fourth-order valence-electron chi connectivity index (χ4n) is 0.215. The van der Waals surface area contributed by atoms with Gasteiger partial charge in [0.25, 0.3) is 0 Å². The summed E-state index contributed by atoms with van der Waals surface area (Å²) in [6.07, 6.45) is 5.08. The van der Waals surface area contributed by atoms with Crippen molar-refractivity contribution in [3.8, 4) is 0 Å². The predicted molar refractivity (Wildman–Crippen MR) is 25.0 cm³/mol. The summed E-state index contributed by atoms with van der Waals surface area (Å²) in [4.78, 5) is 6.42. The first kappa shape index (κ1) is 10.3. The molecule has 0 aliphatic rings. The van der Waals surface area contributed by atoms with Gasteiger partial charge in [0.2, 0.25) is 0 Å². The number of hydrogen-bond acceptors (Lipinski definition) is 1. The Morgan fingerprint density at radius 3 is 2.29 bits per heavy atom. The van der Waals surface area contributed by atoms with E-state index >= 15 is 0 Å². The number of imidazole rings is 1. The van der Waals surface area contributed by atoms with Crippen LogP contribution in [0.15, 0.2) is 18.7 Å². The molecule has 1 rings (SSSR count). The Morgan fingerprint density at radius 2 is 2.14 bits per heavy atom. The van der Waals surface area contributed by atoms with Crippen LogP contribution in [0.5, 0.6) is 0 Å². The van der Waals surface area contributed by atoms with Gasteiger partial charge in [0.05, 0.1) is 6.33 Å². The summed E-state index contributed by atoms with van der Waals surface area (Å²) in [5.74, 6) is 0. The van der Waals surface area contributed by atoms with Crippen LogP contribution in [0.25, 0.3) is 0 Å². The van der Waals surface area contributed by atoms with Crippen molar-refractivity contribution in [2.24, 2.45) is 0 Å². The molecule has 2 nitrogen and oxygen atoms in total. The molecule has 0 bridgehead atoms. The van der Waals surface area contributed by atoms with Gasteiger partial charge < -0.3 is 12.4 Å². The molecule has 0 saturated heterocycles. The third kappa shape index (κ3) is 4.16. The number of hydrogen-bond donors (Lipinski definition) is 1. The molecule has 37 valence electrons.